The third-order valence-corrected chi connectivity index (χ3v) is 27.5. The van der Waals surface area contributed by atoms with E-state index >= 15 is 0 Å². The van der Waals surface area contributed by atoms with Crippen molar-refractivity contribution in [1.29, 1.82) is 0 Å². The van der Waals surface area contributed by atoms with Crippen molar-refractivity contribution >= 4 is 52.8 Å². The third-order valence-electron chi connectivity index (χ3n) is 15.6. The molecule has 418 valence electrons. The molecule has 0 amide bonds. The van der Waals surface area contributed by atoms with Crippen LogP contribution in [0.15, 0.2) is 34.5 Å². The maximum Gasteiger partial charge on any atom is 0.344 e. The number of esters is 1. The van der Waals surface area contributed by atoms with E-state index in [0.717, 1.165) is 19.3 Å². The van der Waals surface area contributed by atoms with Gasteiger partial charge in [0, 0.05) is 44.4 Å². The van der Waals surface area contributed by atoms with Gasteiger partial charge in [0.1, 0.15) is 6.10 Å². The summed E-state index contributed by atoms with van der Waals surface area (Å²) in [4.78, 5) is 13.6. The van der Waals surface area contributed by atoms with Crippen molar-refractivity contribution in [3.63, 3.8) is 0 Å². The van der Waals surface area contributed by atoms with Gasteiger partial charge in [-0.3, -0.25) is 9.36 Å². The van der Waals surface area contributed by atoms with Gasteiger partial charge in [0.05, 0.1) is 62.0 Å². The molecule has 12 atom stereocenters. The fourth-order valence-corrected chi connectivity index (χ4v) is 14.7. The molecular formula is C55H100IO13PSi2. The summed E-state index contributed by atoms with van der Waals surface area (Å²) in [6, 6.07) is 0. The van der Waals surface area contributed by atoms with Gasteiger partial charge in [-0.05, 0) is 114 Å². The first-order valence-electron chi connectivity index (χ1n) is 27.2. The predicted octanol–water partition coefficient (Wildman–Crippen LogP) is 14.7. The Hall–Kier alpha value is -0.316. The van der Waals surface area contributed by atoms with E-state index in [9.17, 15) is 9.36 Å². The Bertz CT molecular complexity index is 1850. The van der Waals surface area contributed by atoms with Crippen LogP contribution in [0.4, 0.5) is 0 Å². The first kappa shape index (κ1) is 64.2. The molecule has 0 radical (unpaired) electrons. The smallest absolute Gasteiger partial charge is 0.344 e. The molecule has 4 fully saturated rings. The van der Waals surface area contributed by atoms with Gasteiger partial charge in [0.2, 0.25) is 0 Å². The van der Waals surface area contributed by atoms with E-state index in [1.807, 2.05) is 45.6 Å². The van der Waals surface area contributed by atoms with E-state index < -0.39 is 59.3 Å². The minimum atomic E-state index is -3.72. The molecule has 17 heteroatoms. The van der Waals surface area contributed by atoms with E-state index in [1.165, 1.54) is 0 Å². The van der Waals surface area contributed by atoms with E-state index in [0.29, 0.717) is 38.5 Å². The van der Waals surface area contributed by atoms with Crippen LogP contribution in [-0.2, 0) is 60.4 Å². The minimum Gasteiger partial charge on any atom is -0.461 e. The molecule has 0 aromatic carbocycles. The first-order valence-corrected chi connectivity index (χ1v) is 35.9. The second-order valence-electron chi connectivity index (χ2n) is 25.3. The fraction of sp³-hybridized carbons (Fsp3) is 0.873. The molecule has 0 aliphatic carbocycles. The summed E-state index contributed by atoms with van der Waals surface area (Å²) in [5.41, 5.74) is -1.08. The zero-order valence-corrected chi connectivity index (χ0v) is 53.4. The lowest BCUT2D eigenvalue weighted by Crippen LogP contribution is -2.58. The van der Waals surface area contributed by atoms with Crippen LogP contribution in [0.25, 0.3) is 0 Å². The Morgan fingerprint density at radius 1 is 0.694 bits per heavy atom. The van der Waals surface area contributed by atoms with Crippen molar-refractivity contribution < 1.29 is 60.4 Å². The van der Waals surface area contributed by atoms with Gasteiger partial charge in [0.15, 0.2) is 39.7 Å². The van der Waals surface area contributed by atoms with Crippen molar-refractivity contribution in [2.75, 3.05) is 13.2 Å². The van der Waals surface area contributed by atoms with E-state index in [-0.39, 0.29) is 84.0 Å². The lowest BCUT2D eigenvalue weighted by molar-refractivity contribution is -0.330. The highest BCUT2D eigenvalue weighted by Crippen LogP contribution is 2.54. The van der Waals surface area contributed by atoms with Gasteiger partial charge >= 0.3 is 13.6 Å². The minimum absolute atomic E-state index is 0.00413. The summed E-state index contributed by atoms with van der Waals surface area (Å²) in [6.07, 6.45) is 15.4. The van der Waals surface area contributed by atoms with Crippen LogP contribution in [0.5, 0.6) is 0 Å². The van der Waals surface area contributed by atoms with Crippen molar-refractivity contribution in [1.82, 2.24) is 0 Å². The number of halogens is 1. The van der Waals surface area contributed by atoms with Crippen LogP contribution in [0.1, 0.15) is 169 Å². The van der Waals surface area contributed by atoms with Crippen molar-refractivity contribution in [2.24, 2.45) is 11.8 Å². The molecule has 0 N–H and O–H groups in total. The second kappa shape index (κ2) is 26.1. The molecule has 4 saturated heterocycles. The number of carbonyl (C=O) groups excluding carboxylic acids is 1. The molecule has 72 heavy (non-hydrogen) atoms. The Morgan fingerprint density at radius 2 is 1.19 bits per heavy atom. The van der Waals surface area contributed by atoms with Crippen molar-refractivity contribution in [2.45, 2.75) is 283 Å². The Labute approximate surface area is 452 Å². The lowest BCUT2D eigenvalue weighted by atomic mass is 9.85. The average Bonchev–Trinajstić information content (AvgIpc) is 3.21. The maximum absolute atomic E-state index is 13.6. The van der Waals surface area contributed by atoms with Crippen LogP contribution in [0.3, 0.4) is 0 Å². The number of carbonyl (C=O) groups is 1. The summed E-state index contributed by atoms with van der Waals surface area (Å²) < 4.78 is 87.9. The maximum atomic E-state index is 13.6. The topological polar surface area (TPSA) is 136 Å². The second-order valence-corrected chi connectivity index (χ2v) is 37.9. The monoisotopic (exact) mass is 1180 g/mol. The Kier molecular flexibility index (Phi) is 23.3. The Morgan fingerprint density at radius 3 is 1.72 bits per heavy atom. The number of hydrogen-bond donors (Lipinski definition) is 0. The van der Waals surface area contributed by atoms with Gasteiger partial charge in [-0.15, -0.1) is 0 Å². The summed E-state index contributed by atoms with van der Waals surface area (Å²) >= 11 is 2.25. The number of ether oxygens (including phenoxy) is 7. The van der Waals surface area contributed by atoms with Crippen LogP contribution < -0.4 is 0 Å². The normalized spacial score (nSPS) is 31.4. The average molecular weight is 1180 g/mol. The van der Waals surface area contributed by atoms with Crippen molar-refractivity contribution in [3.8, 4) is 0 Å². The van der Waals surface area contributed by atoms with Gasteiger partial charge in [-0.1, -0.05) is 115 Å². The van der Waals surface area contributed by atoms with Crippen molar-refractivity contribution in [3.05, 3.63) is 34.5 Å². The zero-order chi connectivity index (χ0) is 54.3. The summed E-state index contributed by atoms with van der Waals surface area (Å²) in [5.74, 6) is -3.43. The van der Waals surface area contributed by atoms with Gasteiger partial charge < -0.3 is 51.1 Å². The standard InChI is InChI=1S/C55H100IO13PSi2/c1-21-59-70(58,60-22-2)40(6)50(57)61-49(38(3)4)39(5)48-35-45(64-54(15,16)67-48)34-44-31-41(62-53(13,14)63-44)28-26-29-43-33-47(69-72(19,20)52(10,11)12)37-55(66-43)36-46(68-71(17,18)51(7,8)9)32-42(65-55)27-24-23-25-30-56/h23-26,29-30,38-49H,21-22,27-28,31-37H2,1-20H3/b24-23+,29-26+,30-25+/t39-,40?,41+,42+,43-,44+,45-,46-,47+,48-,49-,55?/m0/s1. The van der Waals surface area contributed by atoms with Crippen LogP contribution in [0.2, 0.25) is 36.3 Å². The highest BCUT2D eigenvalue weighted by atomic mass is 127. The van der Waals surface area contributed by atoms with E-state index in [2.05, 4.69) is 128 Å². The molecular weight excluding hydrogens is 1080 g/mol. The molecule has 13 nitrogen and oxygen atoms in total. The highest BCUT2D eigenvalue weighted by molar-refractivity contribution is 14.1. The highest BCUT2D eigenvalue weighted by Gasteiger charge is 2.53. The number of hydrogen-bond acceptors (Lipinski definition) is 13. The lowest BCUT2D eigenvalue weighted by Gasteiger charge is -2.52. The summed E-state index contributed by atoms with van der Waals surface area (Å²) in [5, 5.41) is 0.116. The third kappa shape index (κ3) is 18.4. The molecule has 0 saturated carbocycles. The predicted molar refractivity (Wildman–Crippen MR) is 301 cm³/mol. The Balaban J connectivity index is 1.53. The molecule has 0 bridgehead atoms. The summed E-state index contributed by atoms with van der Waals surface area (Å²) in [6.45, 7) is 42.4. The fourth-order valence-electron chi connectivity index (χ4n) is 10.2. The SMILES string of the molecule is CCOP(=O)(OCC)C(C)C(=O)O[C@@H](C(C)C)[C@@H](C)[C@@H]1C[C@H](C[C@H]2C[C@@H](C/C=C/[C@H]3C[C@@H](O[Si](C)(C)C(C)(C)C)CC4(C[C@@H](O[Si](C)(C)C(C)(C)C)C[C@@H](C/C=C/C=C/I)O4)O3)OC(C)(C)O2)OC(C)(C)O1. The molecule has 0 aromatic rings. The van der Waals surface area contributed by atoms with Crippen LogP contribution >= 0.6 is 30.2 Å². The molecule has 4 heterocycles. The van der Waals surface area contributed by atoms with Gasteiger partial charge in [-0.2, -0.15) is 0 Å². The quantitative estimate of drug-likeness (QED) is 0.0254. The molecule has 0 aromatic heterocycles. The molecule has 4 aliphatic heterocycles. The van der Waals surface area contributed by atoms with Crippen LogP contribution in [0, 0.1) is 11.8 Å². The van der Waals surface area contributed by atoms with E-state index in [4.69, 9.17) is 51.1 Å². The largest absolute Gasteiger partial charge is 0.461 e. The van der Waals surface area contributed by atoms with Gasteiger partial charge in [0.25, 0.3) is 0 Å². The summed E-state index contributed by atoms with van der Waals surface area (Å²) in [7, 11) is -7.98. The molecule has 1 spiro atoms. The van der Waals surface area contributed by atoms with Crippen LogP contribution in [-0.4, -0.2) is 114 Å². The first-order chi connectivity index (χ1) is 33.1. The van der Waals surface area contributed by atoms with Gasteiger partial charge in [-0.25, -0.2) is 0 Å². The van der Waals surface area contributed by atoms with E-state index in [1.54, 1.807) is 20.8 Å². The number of allylic oxidation sites excluding steroid dienone is 2. The zero-order valence-electron chi connectivity index (χ0n) is 48.3. The molecule has 2 unspecified atom stereocenters. The molecule has 4 rings (SSSR count). The molecule has 4 aliphatic rings. The number of rotatable bonds is 22.